The van der Waals surface area contributed by atoms with Crippen molar-refractivity contribution in [1.82, 2.24) is 0 Å². The highest BCUT2D eigenvalue weighted by molar-refractivity contribution is 9.09. The van der Waals surface area contributed by atoms with Crippen molar-refractivity contribution in [3.63, 3.8) is 0 Å². The molecule has 0 saturated carbocycles. The maximum Gasteiger partial charge on any atom is 0.00312 e. The topological polar surface area (TPSA) is 0 Å². The fraction of sp³-hybridized carbons (Fsp3) is 1.00. The average Bonchev–Trinajstić information content (AvgIpc) is 1.93. The maximum absolute atomic E-state index is 3.31. The SMILES string of the molecule is CCCCBr.CCCCBr. The summed E-state index contributed by atoms with van der Waals surface area (Å²) in [6, 6.07) is 0. The molecule has 0 rings (SSSR count). The maximum atomic E-state index is 3.31. The number of rotatable bonds is 4. The van der Waals surface area contributed by atoms with Crippen LogP contribution in [-0.2, 0) is 0 Å². The summed E-state index contributed by atoms with van der Waals surface area (Å²) < 4.78 is 0. The summed E-state index contributed by atoms with van der Waals surface area (Å²) in [7, 11) is 0. The quantitative estimate of drug-likeness (QED) is 0.668. The molecule has 0 aliphatic heterocycles. The largest absolute Gasteiger partial charge is 0.0928 e. The Hall–Kier alpha value is 0.960. The zero-order valence-electron chi connectivity index (χ0n) is 7.00. The number of alkyl halides is 2. The highest BCUT2D eigenvalue weighted by Crippen LogP contribution is 1.89. The van der Waals surface area contributed by atoms with E-state index in [1.807, 2.05) is 0 Å². The molecule has 0 nitrogen and oxygen atoms in total. The van der Waals surface area contributed by atoms with Crippen molar-refractivity contribution in [3.05, 3.63) is 0 Å². The molecule has 0 aromatic heterocycles. The molecule has 0 spiro atoms. The van der Waals surface area contributed by atoms with Gasteiger partial charge >= 0.3 is 0 Å². The van der Waals surface area contributed by atoms with Crippen LogP contribution in [0.15, 0.2) is 0 Å². The molecular weight excluding hydrogens is 256 g/mol. The Bertz CT molecular complexity index is 28.2. The van der Waals surface area contributed by atoms with Crippen molar-refractivity contribution in [1.29, 1.82) is 0 Å². The summed E-state index contributed by atoms with van der Waals surface area (Å²) in [6.07, 6.45) is 5.20. The van der Waals surface area contributed by atoms with Crippen molar-refractivity contribution in [2.45, 2.75) is 39.5 Å². The third-order valence-electron chi connectivity index (χ3n) is 0.974. The molecule has 0 atom stereocenters. The van der Waals surface area contributed by atoms with Crippen LogP contribution in [-0.4, -0.2) is 10.7 Å². The van der Waals surface area contributed by atoms with Gasteiger partial charge in [-0.15, -0.1) is 0 Å². The highest BCUT2D eigenvalue weighted by Gasteiger charge is 1.70. The molecular formula is C8H18Br2. The van der Waals surface area contributed by atoms with Crippen molar-refractivity contribution in [3.8, 4) is 0 Å². The minimum atomic E-state index is 1.16. The molecule has 0 aromatic rings. The second-order valence-electron chi connectivity index (χ2n) is 2.09. The van der Waals surface area contributed by atoms with Crippen molar-refractivity contribution in [2.24, 2.45) is 0 Å². The highest BCUT2D eigenvalue weighted by atomic mass is 79.9. The smallest absolute Gasteiger partial charge is 0.00312 e. The molecule has 0 bridgehead atoms. The van der Waals surface area contributed by atoms with E-state index in [4.69, 9.17) is 0 Å². The van der Waals surface area contributed by atoms with E-state index in [-0.39, 0.29) is 0 Å². The summed E-state index contributed by atoms with van der Waals surface area (Å²) in [6.45, 7) is 4.36. The summed E-state index contributed by atoms with van der Waals surface area (Å²) in [5, 5.41) is 2.31. The Kier molecular flexibility index (Phi) is 22.4. The second-order valence-corrected chi connectivity index (χ2v) is 3.67. The lowest BCUT2D eigenvalue weighted by molar-refractivity contribution is 0.902. The van der Waals surface area contributed by atoms with Crippen LogP contribution in [0.5, 0.6) is 0 Å². The normalized spacial score (nSPS) is 8.40. The second kappa shape index (κ2) is 16.5. The number of hydrogen-bond donors (Lipinski definition) is 0. The summed E-state index contributed by atoms with van der Waals surface area (Å²) in [5.41, 5.74) is 0. The first-order valence-corrected chi connectivity index (χ1v) is 6.19. The molecule has 10 heavy (non-hydrogen) atoms. The first-order valence-electron chi connectivity index (χ1n) is 3.95. The van der Waals surface area contributed by atoms with E-state index in [0.717, 1.165) is 10.7 Å². The van der Waals surface area contributed by atoms with E-state index >= 15 is 0 Å². The molecule has 0 radical (unpaired) electrons. The third-order valence-corrected chi connectivity index (χ3v) is 2.10. The fourth-order valence-electron chi connectivity index (χ4n) is 0.267. The summed E-state index contributed by atoms with van der Waals surface area (Å²) >= 11 is 6.62. The van der Waals surface area contributed by atoms with Gasteiger partial charge in [0, 0.05) is 10.7 Å². The van der Waals surface area contributed by atoms with Crippen LogP contribution in [0.3, 0.4) is 0 Å². The lowest BCUT2D eigenvalue weighted by Crippen LogP contribution is -1.64. The Balaban J connectivity index is 0. The predicted octanol–water partition coefficient (Wildman–Crippen LogP) is 4.36. The van der Waals surface area contributed by atoms with Gasteiger partial charge in [-0.3, -0.25) is 0 Å². The minimum Gasteiger partial charge on any atom is -0.0928 e. The number of unbranched alkanes of at least 4 members (excludes halogenated alkanes) is 2. The number of hydrogen-bond acceptors (Lipinski definition) is 0. The molecule has 64 valence electrons. The van der Waals surface area contributed by atoms with E-state index in [1.54, 1.807) is 0 Å². The molecule has 0 heterocycles. The van der Waals surface area contributed by atoms with Crippen molar-refractivity contribution < 1.29 is 0 Å². The van der Waals surface area contributed by atoms with Gasteiger partial charge in [0.15, 0.2) is 0 Å². The lowest BCUT2D eigenvalue weighted by atomic mass is 10.4. The van der Waals surface area contributed by atoms with Crippen LogP contribution in [0.25, 0.3) is 0 Å². The minimum absolute atomic E-state index is 1.16. The lowest BCUT2D eigenvalue weighted by Gasteiger charge is -1.77. The standard InChI is InChI=1S/2C4H9Br/c2*1-2-3-4-5/h2*2-4H2,1H3. The molecule has 0 N–H and O–H groups in total. The van der Waals surface area contributed by atoms with Crippen LogP contribution in [0.4, 0.5) is 0 Å². The van der Waals surface area contributed by atoms with Crippen LogP contribution in [0.1, 0.15) is 39.5 Å². The van der Waals surface area contributed by atoms with E-state index < -0.39 is 0 Å². The van der Waals surface area contributed by atoms with Crippen LogP contribution >= 0.6 is 31.9 Å². The molecule has 0 unspecified atom stereocenters. The van der Waals surface area contributed by atoms with E-state index in [2.05, 4.69) is 45.7 Å². The zero-order chi connectivity index (χ0) is 8.24. The van der Waals surface area contributed by atoms with Crippen LogP contribution < -0.4 is 0 Å². The Morgan fingerprint density at radius 3 is 1.10 bits per heavy atom. The Morgan fingerprint density at radius 1 is 0.800 bits per heavy atom. The molecule has 2 heteroatoms. The van der Waals surface area contributed by atoms with E-state index in [9.17, 15) is 0 Å². The van der Waals surface area contributed by atoms with E-state index in [1.165, 1.54) is 25.7 Å². The van der Waals surface area contributed by atoms with Gasteiger partial charge in [-0.25, -0.2) is 0 Å². The fourth-order valence-corrected chi connectivity index (χ4v) is 1.39. The Labute approximate surface area is 82.0 Å². The van der Waals surface area contributed by atoms with Gasteiger partial charge in [0.05, 0.1) is 0 Å². The van der Waals surface area contributed by atoms with Gasteiger partial charge in [-0.2, -0.15) is 0 Å². The van der Waals surface area contributed by atoms with Crippen LogP contribution in [0.2, 0.25) is 0 Å². The first-order chi connectivity index (χ1) is 4.83. The van der Waals surface area contributed by atoms with E-state index in [0.29, 0.717) is 0 Å². The summed E-state index contributed by atoms with van der Waals surface area (Å²) in [5.74, 6) is 0. The molecule has 0 aromatic carbocycles. The third kappa shape index (κ3) is 23.1. The first kappa shape index (κ1) is 13.5. The van der Waals surface area contributed by atoms with Gasteiger partial charge in [0.25, 0.3) is 0 Å². The predicted molar refractivity (Wildman–Crippen MR) is 57.4 cm³/mol. The van der Waals surface area contributed by atoms with Crippen molar-refractivity contribution >= 4 is 31.9 Å². The van der Waals surface area contributed by atoms with Gasteiger partial charge < -0.3 is 0 Å². The monoisotopic (exact) mass is 272 g/mol. The summed E-state index contributed by atoms with van der Waals surface area (Å²) in [4.78, 5) is 0. The van der Waals surface area contributed by atoms with Gasteiger partial charge in [0.2, 0.25) is 0 Å². The van der Waals surface area contributed by atoms with Gasteiger partial charge in [-0.05, 0) is 12.8 Å². The Morgan fingerprint density at radius 2 is 1.10 bits per heavy atom. The van der Waals surface area contributed by atoms with Crippen molar-refractivity contribution in [2.75, 3.05) is 10.7 Å². The average molecular weight is 274 g/mol. The molecule has 0 saturated heterocycles. The molecule has 0 fully saturated rings. The van der Waals surface area contributed by atoms with Gasteiger partial charge in [0.1, 0.15) is 0 Å². The molecule has 0 aliphatic carbocycles. The number of halogens is 2. The molecule has 0 amide bonds. The zero-order valence-corrected chi connectivity index (χ0v) is 10.2. The molecule has 0 aliphatic rings. The van der Waals surface area contributed by atoms with Crippen LogP contribution in [0, 0.1) is 0 Å². The van der Waals surface area contributed by atoms with Gasteiger partial charge in [-0.1, -0.05) is 58.5 Å².